The van der Waals surface area contributed by atoms with Gasteiger partial charge in [-0.05, 0) is 57.8 Å². The minimum atomic E-state index is 0.757. The lowest BCUT2D eigenvalue weighted by molar-refractivity contribution is 0.143. The van der Waals surface area contributed by atoms with Gasteiger partial charge in [0.2, 0.25) is 0 Å². The Hall–Kier alpha value is -0.120. The van der Waals surface area contributed by atoms with Crippen molar-refractivity contribution in [2.45, 2.75) is 52.0 Å². The largest absolute Gasteiger partial charge is 0.315 e. The van der Waals surface area contributed by atoms with Crippen LogP contribution in [-0.4, -0.2) is 61.7 Å². The Morgan fingerprint density at radius 1 is 1.00 bits per heavy atom. The van der Waals surface area contributed by atoms with E-state index >= 15 is 0 Å². The molecule has 2 heterocycles. The molecule has 0 bridgehead atoms. The second-order valence-corrected chi connectivity index (χ2v) is 6.78. The van der Waals surface area contributed by atoms with E-state index in [-0.39, 0.29) is 0 Å². The first-order chi connectivity index (χ1) is 9.25. The maximum atomic E-state index is 3.62. The quantitative estimate of drug-likeness (QED) is 0.824. The van der Waals surface area contributed by atoms with Crippen LogP contribution in [0.2, 0.25) is 0 Å². The Balaban J connectivity index is 1.79. The van der Waals surface area contributed by atoms with Crippen molar-refractivity contribution in [3.8, 4) is 0 Å². The molecule has 3 heteroatoms. The van der Waals surface area contributed by atoms with Crippen molar-refractivity contribution < 1.29 is 0 Å². The number of nitrogens with zero attached hydrogens (tertiary/aromatic N) is 2. The number of hydrogen-bond acceptors (Lipinski definition) is 3. The van der Waals surface area contributed by atoms with Gasteiger partial charge in [0.1, 0.15) is 0 Å². The highest BCUT2D eigenvalue weighted by Gasteiger charge is 2.22. The molecule has 2 saturated heterocycles. The fraction of sp³-hybridized carbons (Fsp3) is 1.00. The van der Waals surface area contributed by atoms with Gasteiger partial charge in [0.05, 0.1) is 0 Å². The van der Waals surface area contributed by atoms with E-state index in [1.165, 1.54) is 77.9 Å². The highest BCUT2D eigenvalue weighted by atomic mass is 15.2. The van der Waals surface area contributed by atoms with E-state index in [1.54, 1.807) is 0 Å². The van der Waals surface area contributed by atoms with Gasteiger partial charge in [-0.3, -0.25) is 4.90 Å². The van der Waals surface area contributed by atoms with Crippen LogP contribution in [0.1, 0.15) is 46.0 Å². The van der Waals surface area contributed by atoms with Gasteiger partial charge >= 0.3 is 0 Å². The number of likely N-dealkylation sites (tertiary alicyclic amines) is 1. The van der Waals surface area contributed by atoms with Gasteiger partial charge in [-0.15, -0.1) is 0 Å². The Morgan fingerprint density at radius 2 is 1.79 bits per heavy atom. The van der Waals surface area contributed by atoms with Crippen LogP contribution in [0.4, 0.5) is 0 Å². The highest BCUT2D eigenvalue weighted by molar-refractivity contribution is 4.80. The zero-order valence-corrected chi connectivity index (χ0v) is 13.0. The fourth-order valence-corrected chi connectivity index (χ4v) is 3.51. The summed E-state index contributed by atoms with van der Waals surface area (Å²) in [5, 5.41) is 3.62. The molecule has 2 rings (SSSR count). The third-order valence-electron chi connectivity index (χ3n) is 4.59. The minimum Gasteiger partial charge on any atom is -0.315 e. The van der Waals surface area contributed by atoms with Gasteiger partial charge in [-0.1, -0.05) is 20.3 Å². The Bertz CT molecular complexity index is 236. The van der Waals surface area contributed by atoms with Gasteiger partial charge in [0.15, 0.2) is 0 Å². The van der Waals surface area contributed by atoms with E-state index in [0.717, 1.165) is 12.0 Å². The molecule has 0 aromatic rings. The summed E-state index contributed by atoms with van der Waals surface area (Å²) in [4.78, 5) is 5.43. The van der Waals surface area contributed by atoms with Gasteiger partial charge in [-0.2, -0.15) is 0 Å². The summed E-state index contributed by atoms with van der Waals surface area (Å²) in [6, 6.07) is 0.757. The molecule has 3 nitrogen and oxygen atoms in total. The van der Waals surface area contributed by atoms with Crippen LogP contribution in [0.5, 0.6) is 0 Å². The molecule has 0 amide bonds. The second kappa shape index (κ2) is 8.23. The first kappa shape index (κ1) is 15.3. The molecule has 1 atom stereocenters. The standard InChI is InChI=1S/C16H33N3/c1-15(2)13-16-14-17-7-6-10-19(16)12-11-18-8-4-3-5-9-18/h15-17H,3-14H2,1-2H3. The zero-order valence-electron chi connectivity index (χ0n) is 13.0. The van der Waals surface area contributed by atoms with Crippen molar-refractivity contribution in [1.82, 2.24) is 15.1 Å². The minimum absolute atomic E-state index is 0.757. The van der Waals surface area contributed by atoms with E-state index in [9.17, 15) is 0 Å². The zero-order chi connectivity index (χ0) is 13.5. The van der Waals surface area contributed by atoms with E-state index in [4.69, 9.17) is 0 Å². The molecule has 0 radical (unpaired) electrons. The predicted molar refractivity (Wildman–Crippen MR) is 82.6 cm³/mol. The smallest absolute Gasteiger partial charge is 0.0223 e. The maximum absolute atomic E-state index is 3.62. The summed E-state index contributed by atoms with van der Waals surface area (Å²) in [5.41, 5.74) is 0. The van der Waals surface area contributed by atoms with Crippen molar-refractivity contribution in [1.29, 1.82) is 0 Å². The Morgan fingerprint density at radius 3 is 2.53 bits per heavy atom. The Kier molecular flexibility index (Phi) is 6.62. The highest BCUT2D eigenvalue weighted by Crippen LogP contribution is 2.15. The van der Waals surface area contributed by atoms with Crippen LogP contribution < -0.4 is 5.32 Å². The first-order valence-corrected chi connectivity index (χ1v) is 8.43. The summed E-state index contributed by atoms with van der Waals surface area (Å²) < 4.78 is 0. The molecule has 1 N–H and O–H groups in total. The maximum Gasteiger partial charge on any atom is 0.0223 e. The average Bonchev–Trinajstić information content (AvgIpc) is 2.62. The van der Waals surface area contributed by atoms with Crippen LogP contribution in [0.3, 0.4) is 0 Å². The van der Waals surface area contributed by atoms with Crippen LogP contribution in [0, 0.1) is 5.92 Å². The van der Waals surface area contributed by atoms with E-state index < -0.39 is 0 Å². The Labute approximate surface area is 119 Å². The van der Waals surface area contributed by atoms with Crippen molar-refractivity contribution in [3.05, 3.63) is 0 Å². The van der Waals surface area contributed by atoms with Gasteiger partial charge in [0.25, 0.3) is 0 Å². The van der Waals surface area contributed by atoms with Gasteiger partial charge in [-0.25, -0.2) is 0 Å². The van der Waals surface area contributed by atoms with Crippen molar-refractivity contribution >= 4 is 0 Å². The van der Waals surface area contributed by atoms with Crippen molar-refractivity contribution in [3.63, 3.8) is 0 Å². The van der Waals surface area contributed by atoms with Gasteiger partial charge < -0.3 is 10.2 Å². The molecular formula is C16H33N3. The summed E-state index contributed by atoms with van der Waals surface area (Å²) in [7, 11) is 0. The second-order valence-electron chi connectivity index (χ2n) is 6.78. The molecule has 19 heavy (non-hydrogen) atoms. The fourth-order valence-electron chi connectivity index (χ4n) is 3.51. The molecule has 0 spiro atoms. The predicted octanol–water partition coefficient (Wildman–Crippen LogP) is 2.18. The SMILES string of the molecule is CC(C)CC1CNCCCN1CCN1CCCCC1. The van der Waals surface area contributed by atoms with E-state index in [1.807, 2.05) is 0 Å². The molecule has 2 aliphatic rings. The molecule has 112 valence electrons. The van der Waals surface area contributed by atoms with Crippen LogP contribution >= 0.6 is 0 Å². The van der Waals surface area contributed by atoms with E-state index in [0.29, 0.717) is 0 Å². The van der Waals surface area contributed by atoms with Crippen LogP contribution in [0.25, 0.3) is 0 Å². The number of rotatable bonds is 5. The molecule has 0 aromatic heterocycles. The summed E-state index contributed by atoms with van der Waals surface area (Å²) in [6.07, 6.45) is 6.93. The van der Waals surface area contributed by atoms with Crippen LogP contribution in [-0.2, 0) is 0 Å². The normalized spacial score (nSPS) is 27.6. The molecule has 2 aliphatic heterocycles. The topological polar surface area (TPSA) is 18.5 Å². The molecule has 1 unspecified atom stereocenters. The molecule has 0 aromatic carbocycles. The molecule has 0 aliphatic carbocycles. The first-order valence-electron chi connectivity index (χ1n) is 8.43. The summed E-state index contributed by atoms with van der Waals surface area (Å²) in [6.45, 7) is 13.6. The third kappa shape index (κ3) is 5.41. The summed E-state index contributed by atoms with van der Waals surface area (Å²) >= 11 is 0. The lowest BCUT2D eigenvalue weighted by atomic mass is 10.0. The molecule has 2 fully saturated rings. The molecule has 0 saturated carbocycles. The van der Waals surface area contributed by atoms with Crippen LogP contribution in [0.15, 0.2) is 0 Å². The van der Waals surface area contributed by atoms with Crippen molar-refractivity contribution in [2.24, 2.45) is 5.92 Å². The average molecular weight is 267 g/mol. The number of piperidine rings is 1. The lowest BCUT2D eigenvalue weighted by Crippen LogP contribution is -2.45. The van der Waals surface area contributed by atoms with Gasteiger partial charge in [0, 0.05) is 25.7 Å². The third-order valence-corrected chi connectivity index (χ3v) is 4.59. The monoisotopic (exact) mass is 267 g/mol. The lowest BCUT2D eigenvalue weighted by Gasteiger charge is -2.34. The molecular weight excluding hydrogens is 234 g/mol. The number of nitrogens with one attached hydrogen (secondary N) is 1. The summed E-state index contributed by atoms with van der Waals surface area (Å²) in [5.74, 6) is 0.808. The van der Waals surface area contributed by atoms with Crippen molar-refractivity contribution in [2.75, 3.05) is 45.8 Å². The van der Waals surface area contributed by atoms with E-state index in [2.05, 4.69) is 29.0 Å². The number of hydrogen-bond donors (Lipinski definition) is 1.